The predicted octanol–water partition coefficient (Wildman–Crippen LogP) is 1.62. The maximum absolute atomic E-state index is 11.2. The number of likely N-dealkylation sites (N-methyl/N-ethyl adjacent to an activating group) is 1. The predicted molar refractivity (Wildman–Crippen MR) is 52.3 cm³/mol. The maximum Gasteiger partial charge on any atom is 0.269 e. The lowest BCUT2D eigenvalue weighted by Crippen LogP contribution is -2.22. The van der Waals surface area contributed by atoms with E-state index >= 15 is 0 Å². The van der Waals surface area contributed by atoms with Crippen molar-refractivity contribution in [2.45, 2.75) is 6.92 Å². The summed E-state index contributed by atoms with van der Waals surface area (Å²) < 4.78 is 5.08. The van der Waals surface area contributed by atoms with E-state index in [2.05, 4.69) is 0 Å². The summed E-state index contributed by atoms with van der Waals surface area (Å²) in [7, 11) is 2.99. The number of carbonyl (C=O) groups is 1. The molecule has 0 bridgehead atoms. The van der Waals surface area contributed by atoms with E-state index in [0.29, 0.717) is 0 Å². The van der Waals surface area contributed by atoms with E-state index in [9.17, 15) is 4.79 Å². The minimum atomic E-state index is -0.216. The van der Waals surface area contributed by atoms with Crippen molar-refractivity contribution < 1.29 is 14.0 Å². The van der Waals surface area contributed by atoms with Crippen molar-refractivity contribution in [1.82, 2.24) is 5.06 Å². The number of nitrogens with zero attached hydrogens (tertiary/aromatic N) is 1. The van der Waals surface area contributed by atoms with E-state index in [0.717, 1.165) is 16.4 Å². The standard InChI is InChI=1S/C10H13NO3/c1-8-6-9(7-14-8)4-5-10(12)11(2)13-3/h4-7H,1-3H3/b5-4+. The Morgan fingerprint density at radius 3 is 2.86 bits per heavy atom. The molecule has 0 atom stereocenters. The summed E-state index contributed by atoms with van der Waals surface area (Å²) in [5, 5.41) is 1.14. The molecule has 0 fully saturated rings. The molecule has 1 amide bonds. The summed E-state index contributed by atoms with van der Waals surface area (Å²) >= 11 is 0. The Morgan fingerprint density at radius 1 is 1.64 bits per heavy atom. The molecule has 0 radical (unpaired) electrons. The van der Waals surface area contributed by atoms with Crippen LogP contribution >= 0.6 is 0 Å². The summed E-state index contributed by atoms with van der Waals surface area (Å²) in [4.78, 5) is 16.0. The molecule has 1 aromatic rings. The number of hydroxylamine groups is 2. The van der Waals surface area contributed by atoms with Gasteiger partial charge in [0.25, 0.3) is 5.91 Å². The average molecular weight is 195 g/mol. The third-order valence-corrected chi connectivity index (χ3v) is 1.75. The maximum atomic E-state index is 11.2. The van der Waals surface area contributed by atoms with Gasteiger partial charge in [-0.25, -0.2) is 5.06 Å². The Hall–Kier alpha value is -1.55. The fourth-order valence-electron chi connectivity index (χ4n) is 0.914. The number of rotatable bonds is 3. The number of furan rings is 1. The van der Waals surface area contributed by atoms with Crippen LogP contribution in [0.1, 0.15) is 11.3 Å². The zero-order chi connectivity index (χ0) is 10.6. The highest BCUT2D eigenvalue weighted by atomic mass is 16.7. The molecule has 0 aromatic carbocycles. The molecule has 4 nitrogen and oxygen atoms in total. The first-order valence-corrected chi connectivity index (χ1v) is 4.18. The summed E-state index contributed by atoms with van der Waals surface area (Å²) in [6.45, 7) is 1.85. The zero-order valence-electron chi connectivity index (χ0n) is 8.48. The molecule has 0 aliphatic rings. The monoisotopic (exact) mass is 195 g/mol. The Labute approximate surface area is 82.7 Å². The van der Waals surface area contributed by atoms with Gasteiger partial charge in [0, 0.05) is 18.7 Å². The van der Waals surface area contributed by atoms with Crippen LogP contribution < -0.4 is 0 Å². The minimum Gasteiger partial charge on any atom is -0.469 e. The summed E-state index contributed by atoms with van der Waals surface area (Å²) in [5.74, 6) is 0.601. The first-order valence-electron chi connectivity index (χ1n) is 4.18. The van der Waals surface area contributed by atoms with Crippen molar-refractivity contribution in [3.8, 4) is 0 Å². The van der Waals surface area contributed by atoms with E-state index in [4.69, 9.17) is 9.25 Å². The molecule has 0 saturated carbocycles. The third-order valence-electron chi connectivity index (χ3n) is 1.75. The molecule has 1 rings (SSSR count). The molecular weight excluding hydrogens is 182 g/mol. The summed E-state index contributed by atoms with van der Waals surface area (Å²) in [5.41, 5.74) is 0.861. The fraction of sp³-hybridized carbons (Fsp3) is 0.300. The van der Waals surface area contributed by atoms with Crippen molar-refractivity contribution >= 4 is 12.0 Å². The highest BCUT2D eigenvalue weighted by Gasteiger charge is 2.02. The number of hydrogen-bond donors (Lipinski definition) is 0. The highest BCUT2D eigenvalue weighted by molar-refractivity contribution is 5.90. The third kappa shape index (κ3) is 2.74. The van der Waals surface area contributed by atoms with E-state index in [1.807, 2.05) is 13.0 Å². The smallest absolute Gasteiger partial charge is 0.269 e. The van der Waals surface area contributed by atoms with Crippen LogP contribution in [0.4, 0.5) is 0 Å². The van der Waals surface area contributed by atoms with Crippen LogP contribution in [0.5, 0.6) is 0 Å². The molecule has 0 aliphatic heterocycles. The second-order valence-corrected chi connectivity index (χ2v) is 2.84. The fourth-order valence-corrected chi connectivity index (χ4v) is 0.914. The van der Waals surface area contributed by atoms with Gasteiger partial charge in [-0.1, -0.05) is 0 Å². The summed E-state index contributed by atoms with van der Waals surface area (Å²) in [6.07, 6.45) is 4.69. The van der Waals surface area contributed by atoms with Crippen molar-refractivity contribution in [3.63, 3.8) is 0 Å². The molecule has 0 N–H and O–H groups in total. The largest absolute Gasteiger partial charge is 0.469 e. The normalized spacial score (nSPS) is 10.8. The molecule has 0 saturated heterocycles. The van der Waals surface area contributed by atoms with Gasteiger partial charge in [-0.05, 0) is 19.1 Å². The average Bonchev–Trinajstić information content (AvgIpc) is 2.59. The lowest BCUT2D eigenvalue weighted by atomic mass is 10.3. The van der Waals surface area contributed by atoms with Gasteiger partial charge in [0.05, 0.1) is 13.4 Å². The molecule has 14 heavy (non-hydrogen) atoms. The zero-order valence-corrected chi connectivity index (χ0v) is 8.48. The first kappa shape index (κ1) is 10.5. The topological polar surface area (TPSA) is 42.7 Å². The van der Waals surface area contributed by atoms with Crippen LogP contribution in [-0.2, 0) is 9.63 Å². The Kier molecular flexibility index (Phi) is 3.48. The molecule has 0 unspecified atom stereocenters. The van der Waals surface area contributed by atoms with Crippen LogP contribution in [0.3, 0.4) is 0 Å². The van der Waals surface area contributed by atoms with Gasteiger partial charge in [0.15, 0.2) is 0 Å². The summed E-state index contributed by atoms with van der Waals surface area (Å²) in [6, 6.07) is 1.84. The first-order chi connectivity index (χ1) is 6.63. The molecule has 0 spiro atoms. The van der Waals surface area contributed by atoms with Crippen LogP contribution in [0.2, 0.25) is 0 Å². The quantitative estimate of drug-likeness (QED) is 0.543. The lowest BCUT2D eigenvalue weighted by Gasteiger charge is -2.09. The van der Waals surface area contributed by atoms with Gasteiger partial charge < -0.3 is 4.42 Å². The molecular formula is C10H13NO3. The van der Waals surface area contributed by atoms with Gasteiger partial charge in [0.2, 0.25) is 0 Å². The lowest BCUT2D eigenvalue weighted by molar-refractivity contribution is -0.162. The van der Waals surface area contributed by atoms with Gasteiger partial charge in [-0.2, -0.15) is 0 Å². The van der Waals surface area contributed by atoms with E-state index in [1.165, 1.54) is 13.2 Å². The van der Waals surface area contributed by atoms with Crippen molar-refractivity contribution in [1.29, 1.82) is 0 Å². The van der Waals surface area contributed by atoms with Crippen LogP contribution in [0.15, 0.2) is 22.8 Å². The van der Waals surface area contributed by atoms with E-state index in [-0.39, 0.29) is 5.91 Å². The van der Waals surface area contributed by atoms with Gasteiger partial charge >= 0.3 is 0 Å². The Morgan fingerprint density at radius 2 is 2.36 bits per heavy atom. The number of carbonyl (C=O) groups excluding carboxylic acids is 1. The molecule has 0 aliphatic carbocycles. The SMILES string of the molecule is CON(C)C(=O)/C=C/c1coc(C)c1. The number of hydrogen-bond acceptors (Lipinski definition) is 3. The van der Waals surface area contributed by atoms with E-state index < -0.39 is 0 Å². The highest BCUT2D eigenvalue weighted by Crippen LogP contribution is 2.07. The van der Waals surface area contributed by atoms with Crippen molar-refractivity contribution in [2.75, 3.05) is 14.2 Å². The number of aryl methyl sites for hydroxylation is 1. The molecule has 1 heterocycles. The van der Waals surface area contributed by atoms with Crippen LogP contribution in [-0.4, -0.2) is 25.1 Å². The second kappa shape index (κ2) is 4.62. The Balaban J connectivity index is 2.60. The Bertz CT molecular complexity index is 341. The second-order valence-electron chi connectivity index (χ2n) is 2.84. The van der Waals surface area contributed by atoms with E-state index in [1.54, 1.807) is 19.4 Å². The molecule has 4 heteroatoms. The minimum absolute atomic E-state index is 0.216. The van der Waals surface area contributed by atoms with Gasteiger partial charge in [-0.15, -0.1) is 0 Å². The van der Waals surface area contributed by atoms with Crippen molar-refractivity contribution in [3.05, 3.63) is 29.7 Å². The van der Waals surface area contributed by atoms with Gasteiger partial charge in [0.1, 0.15) is 5.76 Å². The molecule has 76 valence electrons. The van der Waals surface area contributed by atoms with Gasteiger partial charge in [-0.3, -0.25) is 9.63 Å². The number of amides is 1. The van der Waals surface area contributed by atoms with Crippen molar-refractivity contribution in [2.24, 2.45) is 0 Å². The molecule has 1 aromatic heterocycles. The van der Waals surface area contributed by atoms with Crippen LogP contribution in [0.25, 0.3) is 6.08 Å². The van der Waals surface area contributed by atoms with Crippen LogP contribution in [0, 0.1) is 6.92 Å².